The first-order valence-corrected chi connectivity index (χ1v) is 9.19. The van der Waals surface area contributed by atoms with Crippen LogP contribution in [0.15, 0.2) is 4.99 Å². The molecule has 0 heterocycles. The van der Waals surface area contributed by atoms with Gasteiger partial charge in [-0.1, -0.05) is 12.8 Å². The van der Waals surface area contributed by atoms with Crippen LogP contribution < -0.4 is 10.6 Å². The minimum absolute atomic E-state index is 0. The summed E-state index contributed by atoms with van der Waals surface area (Å²) in [6.45, 7) is 5.67. The number of rotatable bonds is 8. The maximum Gasteiger partial charge on any atom is 0.191 e. The molecule has 0 aromatic heterocycles. The molecule has 1 unspecified atom stereocenters. The van der Waals surface area contributed by atoms with Crippen LogP contribution in [0.5, 0.6) is 0 Å². The maximum absolute atomic E-state index is 11.1. The minimum Gasteiger partial charge on any atom is -0.357 e. The third kappa shape index (κ3) is 10.7. The molecule has 1 rings (SSSR count). The lowest BCUT2D eigenvalue weighted by molar-refractivity contribution is 0.581. The van der Waals surface area contributed by atoms with Gasteiger partial charge in [0.1, 0.15) is 9.84 Å². The van der Waals surface area contributed by atoms with Gasteiger partial charge in [-0.15, -0.1) is 24.0 Å². The summed E-state index contributed by atoms with van der Waals surface area (Å²) in [6.07, 6.45) is 5.74. The molecule has 120 valence electrons. The quantitative estimate of drug-likeness (QED) is 0.359. The monoisotopic (exact) mass is 417 g/mol. The number of hydrogen-bond donors (Lipinski definition) is 2. The van der Waals surface area contributed by atoms with E-state index in [1.165, 1.54) is 19.1 Å². The topological polar surface area (TPSA) is 70.6 Å². The normalized spacial score (nSPS) is 17.2. The number of nitrogens with one attached hydrogen (secondary N) is 2. The fourth-order valence-electron chi connectivity index (χ4n) is 1.78. The van der Waals surface area contributed by atoms with E-state index in [0.29, 0.717) is 6.42 Å². The minimum atomic E-state index is -2.89. The lowest BCUT2D eigenvalue weighted by atomic mass is 10.2. The summed E-state index contributed by atoms with van der Waals surface area (Å²) in [6, 6.07) is 0.105. The first kappa shape index (κ1) is 19.9. The Morgan fingerprint density at radius 3 is 2.55 bits per heavy atom. The second-order valence-electron chi connectivity index (χ2n) is 5.46. The molecule has 1 aliphatic carbocycles. The molecule has 0 spiro atoms. The maximum atomic E-state index is 11.1. The van der Waals surface area contributed by atoms with Gasteiger partial charge in [0.15, 0.2) is 5.96 Å². The molecule has 0 radical (unpaired) electrons. The van der Waals surface area contributed by atoms with Gasteiger partial charge < -0.3 is 10.6 Å². The molecule has 20 heavy (non-hydrogen) atoms. The number of halogens is 1. The van der Waals surface area contributed by atoms with E-state index in [9.17, 15) is 8.42 Å². The van der Waals surface area contributed by atoms with Crippen LogP contribution in [0, 0.1) is 5.92 Å². The van der Waals surface area contributed by atoms with E-state index in [2.05, 4.69) is 15.6 Å². The van der Waals surface area contributed by atoms with E-state index in [1.54, 1.807) is 0 Å². The van der Waals surface area contributed by atoms with E-state index in [4.69, 9.17) is 0 Å². The molecular formula is C13H28IN3O2S. The van der Waals surface area contributed by atoms with Crippen LogP contribution in [0.2, 0.25) is 0 Å². The van der Waals surface area contributed by atoms with Crippen LogP contribution in [0.3, 0.4) is 0 Å². The van der Waals surface area contributed by atoms with Crippen molar-refractivity contribution in [2.24, 2.45) is 10.9 Å². The highest BCUT2D eigenvalue weighted by Crippen LogP contribution is 2.32. The number of hydrogen-bond acceptors (Lipinski definition) is 3. The molecular weight excluding hydrogens is 389 g/mol. The molecule has 5 nitrogen and oxygen atoms in total. The Morgan fingerprint density at radius 1 is 1.40 bits per heavy atom. The van der Waals surface area contributed by atoms with Gasteiger partial charge in [0.05, 0.1) is 5.75 Å². The first-order chi connectivity index (χ1) is 8.90. The standard InChI is InChI=1S/C13H27N3O2S.HI/c1-4-14-13(15-9-7-12-5-6-12)16-11(2)8-10-19(3,17)18;/h11-12H,4-10H2,1-3H3,(H2,14,15,16);1H. The molecule has 1 saturated carbocycles. The Hall–Kier alpha value is -0.0500. The molecule has 1 aliphatic rings. The van der Waals surface area contributed by atoms with Gasteiger partial charge in [0.2, 0.25) is 0 Å². The van der Waals surface area contributed by atoms with Crippen LogP contribution in [-0.4, -0.2) is 45.5 Å². The average molecular weight is 417 g/mol. The van der Waals surface area contributed by atoms with Crippen molar-refractivity contribution in [3.05, 3.63) is 0 Å². The summed E-state index contributed by atoms with van der Waals surface area (Å²) in [7, 11) is -2.89. The van der Waals surface area contributed by atoms with Crippen molar-refractivity contribution in [3.8, 4) is 0 Å². The van der Waals surface area contributed by atoms with Crippen LogP contribution in [-0.2, 0) is 9.84 Å². The number of sulfone groups is 1. The van der Waals surface area contributed by atoms with Crippen LogP contribution >= 0.6 is 24.0 Å². The van der Waals surface area contributed by atoms with Gasteiger partial charge in [0.25, 0.3) is 0 Å². The van der Waals surface area contributed by atoms with Crippen molar-refractivity contribution in [1.82, 2.24) is 10.6 Å². The summed E-state index contributed by atoms with van der Waals surface area (Å²) in [5.41, 5.74) is 0. The van der Waals surface area contributed by atoms with E-state index in [0.717, 1.165) is 31.4 Å². The van der Waals surface area contributed by atoms with Gasteiger partial charge in [0, 0.05) is 25.4 Å². The van der Waals surface area contributed by atoms with E-state index < -0.39 is 9.84 Å². The van der Waals surface area contributed by atoms with Crippen molar-refractivity contribution in [1.29, 1.82) is 0 Å². The number of guanidine groups is 1. The van der Waals surface area contributed by atoms with Crippen molar-refractivity contribution in [2.75, 3.05) is 25.1 Å². The zero-order valence-corrected chi connectivity index (χ0v) is 15.8. The van der Waals surface area contributed by atoms with E-state index >= 15 is 0 Å². The third-order valence-corrected chi connectivity index (χ3v) is 4.13. The summed E-state index contributed by atoms with van der Waals surface area (Å²) in [4.78, 5) is 4.52. The Balaban J connectivity index is 0.00000361. The van der Waals surface area contributed by atoms with Crippen molar-refractivity contribution in [2.45, 2.75) is 45.6 Å². The summed E-state index contributed by atoms with van der Waals surface area (Å²) < 4.78 is 22.3. The number of nitrogens with zero attached hydrogens (tertiary/aromatic N) is 1. The molecule has 1 fully saturated rings. The summed E-state index contributed by atoms with van der Waals surface area (Å²) in [5.74, 6) is 1.89. The highest BCUT2D eigenvalue weighted by Gasteiger charge is 2.20. The van der Waals surface area contributed by atoms with Crippen molar-refractivity contribution < 1.29 is 8.42 Å². The predicted molar refractivity (Wildman–Crippen MR) is 95.7 cm³/mol. The molecule has 0 amide bonds. The van der Waals surface area contributed by atoms with Gasteiger partial charge in [-0.2, -0.15) is 0 Å². The predicted octanol–water partition coefficient (Wildman–Crippen LogP) is 1.78. The second-order valence-corrected chi connectivity index (χ2v) is 7.72. The smallest absolute Gasteiger partial charge is 0.191 e. The Morgan fingerprint density at radius 2 is 2.05 bits per heavy atom. The van der Waals surface area contributed by atoms with Gasteiger partial charge in [-0.05, 0) is 32.6 Å². The Bertz CT molecular complexity index is 394. The van der Waals surface area contributed by atoms with E-state index in [1.807, 2.05) is 13.8 Å². The zero-order chi connectivity index (χ0) is 14.3. The molecule has 7 heteroatoms. The van der Waals surface area contributed by atoms with Gasteiger partial charge >= 0.3 is 0 Å². The van der Waals surface area contributed by atoms with Crippen LogP contribution in [0.1, 0.15) is 39.5 Å². The molecule has 0 saturated heterocycles. The first-order valence-electron chi connectivity index (χ1n) is 7.13. The summed E-state index contributed by atoms with van der Waals surface area (Å²) in [5, 5.41) is 6.45. The molecule has 2 N–H and O–H groups in total. The lowest BCUT2D eigenvalue weighted by Gasteiger charge is -2.17. The Kier molecular flexibility index (Phi) is 9.78. The Labute approximate surface area is 140 Å². The van der Waals surface area contributed by atoms with Crippen LogP contribution in [0.25, 0.3) is 0 Å². The summed E-state index contributed by atoms with van der Waals surface area (Å²) >= 11 is 0. The van der Waals surface area contributed by atoms with Crippen molar-refractivity contribution >= 4 is 39.8 Å². The zero-order valence-electron chi connectivity index (χ0n) is 12.7. The molecule has 0 aliphatic heterocycles. The number of aliphatic imine (C=N–C) groups is 1. The molecule has 1 atom stereocenters. The fraction of sp³-hybridized carbons (Fsp3) is 0.923. The third-order valence-electron chi connectivity index (χ3n) is 3.15. The molecule has 0 bridgehead atoms. The SMILES string of the molecule is CCNC(=NCCC1CC1)NC(C)CCS(C)(=O)=O.I. The van der Waals surface area contributed by atoms with Crippen LogP contribution in [0.4, 0.5) is 0 Å². The van der Waals surface area contributed by atoms with Gasteiger partial charge in [-0.25, -0.2) is 8.42 Å². The molecule has 0 aromatic carbocycles. The second kappa shape index (κ2) is 9.81. The van der Waals surface area contributed by atoms with Crippen molar-refractivity contribution in [3.63, 3.8) is 0 Å². The average Bonchev–Trinajstić information content (AvgIpc) is 3.10. The highest BCUT2D eigenvalue weighted by molar-refractivity contribution is 14.0. The largest absolute Gasteiger partial charge is 0.357 e. The highest BCUT2D eigenvalue weighted by atomic mass is 127. The molecule has 0 aromatic rings. The van der Waals surface area contributed by atoms with E-state index in [-0.39, 0.29) is 35.8 Å². The lowest BCUT2D eigenvalue weighted by Crippen LogP contribution is -2.42. The fourth-order valence-corrected chi connectivity index (χ4v) is 2.56. The van der Waals surface area contributed by atoms with Gasteiger partial charge in [-0.3, -0.25) is 4.99 Å².